The van der Waals surface area contributed by atoms with Crippen LogP contribution >= 0.6 is 35.6 Å². The molecule has 0 bridgehead atoms. The van der Waals surface area contributed by atoms with E-state index in [-0.39, 0.29) is 24.9 Å². The molecule has 2 N–H and O–H groups in total. The maximum absolute atomic E-state index is 11.7. The monoisotopic (exact) mass is 350 g/mol. The van der Waals surface area contributed by atoms with Gasteiger partial charge in [-0.3, -0.25) is 4.79 Å². The van der Waals surface area contributed by atoms with Gasteiger partial charge in [0.25, 0.3) is 5.91 Å². The van der Waals surface area contributed by atoms with Gasteiger partial charge in [0.05, 0.1) is 5.02 Å². The zero-order valence-corrected chi connectivity index (χ0v) is 13.7. The van der Waals surface area contributed by atoms with E-state index in [1.165, 1.54) is 5.57 Å². The van der Waals surface area contributed by atoms with E-state index < -0.39 is 0 Å². The molecule has 7 heteroatoms. The molecule has 0 radical (unpaired) electrons. The number of hydrogen-bond acceptors (Lipinski definition) is 3. The molecule has 0 saturated carbocycles. The Hall–Kier alpha value is -0.940. The second kappa shape index (κ2) is 9.15. The average molecular weight is 352 g/mol. The van der Waals surface area contributed by atoms with Gasteiger partial charge in [-0.1, -0.05) is 34.9 Å². The second-order valence-electron chi connectivity index (χ2n) is 4.46. The standard InChI is InChI=1S/C14H16Cl2N2O2.ClH/c15-11-1-2-12(16)13(7-11)20-9-14(19)18-8-10-3-5-17-6-4-10;/h1-3,7,17H,4-6,8-9H2,(H,18,19);1H. The molecule has 1 aromatic carbocycles. The third-order valence-corrected chi connectivity index (χ3v) is 3.47. The first-order valence-corrected chi connectivity index (χ1v) is 7.14. The summed E-state index contributed by atoms with van der Waals surface area (Å²) >= 11 is 11.8. The van der Waals surface area contributed by atoms with Crippen molar-refractivity contribution in [1.82, 2.24) is 10.6 Å². The smallest absolute Gasteiger partial charge is 0.258 e. The Morgan fingerprint density at radius 3 is 2.90 bits per heavy atom. The summed E-state index contributed by atoms with van der Waals surface area (Å²) in [5.74, 6) is 0.232. The van der Waals surface area contributed by atoms with Crippen LogP contribution in [-0.2, 0) is 4.79 Å². The molecule has 1 aliphatic heterocycles. The Morgan fingerprint density at radius 1 is 1.38 bits per heavy atom. The number of ether oxygens (including phenoxy) is 1. The lowest BCUT2D eigenvalue weighted by atomic mass is 10.1. The van der Waals surface area contributed by atoms with Crippen molar-refractivity contribution in [3.63, 3.8) is 0 Å². The maximum Gasteiger partial charge on any atom is 0.258 e. The lowest BCUT2D eigenvalue weighted by molar-refractivity contribution is -0.122. The van der Waals surface area contributed by atoms with Gasteiger partial charge in [-0.05, 0) is 25.1 Å². The van der Waals surface area contributed by atoms with Gasteiger partial charge in [-0.15, -0.1) is 12.4 Å². The van der Waals surface area contributed by atoms with E-state index in [9.17, 15) is 4.79 Å². The highest BCUT2D eigenvalue weighted by molar-refractivity contribution is 6.34. The molecule has 1 aliphatic rings. The Balaban J connectivity index is 0.00000220. The van der Waals surface area contributed by atoms with Gasteiger partial charge in [-0.2, -0.15) is 0 Å². The van der Waals surface area contributed by atoms with Crippen LogP contribution in [0, 0.1) is 0 Å². The first kappa shape index (κ1) is 18.1. The molecule has 1 amide bonds. The van der Waals surface area contributed by atoms with E-state index in [1.54, 1.807) is 18.2 Å². The highest BCUT2D eigenvalue weighted by Crippen LogP contribution is 2.27. The van der Waals surface area contributed by atoms with Crippen LogP contribution < -0.4 is 15.4 Å². The average Bonchev–Trinajstić information content (AvgIpc) is 2.47. The van der Waals surface area contributed by atoms with Crippen LogP contribution in [0.3, 0.4) is 0 Å². The number of nitrogens with one attached hydrogen (secondary N) is 2. The van der Waals surface area contributed by atoms with E-state index in [2.05, 4.69) is 16.7 Å². The molecule has 1 heterocycles. The number of carbonyl (C=O) groups is 1. The minimum absolute atomic E-state index is 0. The summed E-state index contributed by atoms with van der Waals surface area (Å²) in [5, 5.41) is 6.99. The summed E-state index contributed by atoms with van der Waals surface area (Å²) in [6, 6.07) is 4.89. The number of hydrogen-bond donors (Lipinski definition) is 2. The lowest BCUT2D eigenvalue weighted by Crippen LogP contribution is -2.32. The molecule has 0 aromatic heterocycles. The fourth-order valence-electron chi connectivity index (χ4n) is 1.82. The summed E-state index contributed by atoms with van der Waals surface area (Å²) in [5.41, 5.74) is 1.23. The van der Waals surface area contributed by atoms with Crippen LogP contribution in [-0.4, -0.2) is 32.1 Å². The number of amides is 1. The summed E-state index contributed by atoms with van der Waals surface area (Å²) in [4.78, 5) is 11.7. The highest BCUT2D eigenvalue weighted by Gasteiger charge is 2.08. The van der Waals surface area contributed by atoms with Crippen molar-refractivity contribution < 1.29 is 9.53 Å². The predicted octanol–water partition coefficient (Wildman–Crippen LogP) is 2.83. The topological polar surface area (TPSA) is 50.4 Å². The number of rotatable bonds is 5. The van der Waals surface area contributed by atoms with E-state index in [1.807, 2.05) is 0 Å². The van der Waals surface area contributed by atoms with Crippen molar-refractivity contribution >= 4 is 41.5 Å². The Kier molecular flexibility index (Phi) is 7.89. The van der Waals surface area contributed by atoms with Crippen molar-refractivity contribution in [3.8, 4) is 5.75 Å². The minimum Gasteiger partial charge on any atom is -0.482 e. The molecular formula is C14H17Cl3N2O2. The largest absolute Gasteiger partial charge is 0.482 e. The van der Waals surface area contributed by atoms with Gasteiger partial charge >= 0.3 is 0 Å². The first-order chi connectivity index (χ1) is 9.65. The first-order valence-electron chi connectivity index (χ1n) is 6.38. The molecule has 0 saturated heterocycles. The van der Waals surface area contributed by atoms with E-state index >= 15 is 0 Å². The molecule has 0 aliphatic carbocycles. The summed E-state index contributed by atoms with van der Waals surface area (Å²) in [6.45, 7) is 2.30. The van der Waals surface area contributed by atoms with Gasteiger partial charge in [0.1, 0.15) is 5.75 Å². The summed E-state index contributed by atoms with van der Waals surface area (Å²) < 4.78 is 5.36. The van der Waals surface area contributed by atoms with E-state index in [0.29, 0.717) is 22.3 Å². The normalized spacial score (nSPS) is 13.9. The van der Waals surface area contributed by atoms with Gasteiger partial charge in [-0.25, -0.2) is 0 Å². The van der Waals surface area contributed by atoms with Crippen LogP contribution in [0.25, 0.3) is 0 Å². The van der Waals surface area contributed by atoms with Crippen LogP contribution in [0.4, 0.5) is 0 Å². The van der Waals surface area contributed by atoms with Crippen molar-refractivity contribution in [2.75, 3.05) is 26.2 Å². The molecule has 0 unspecified atom stereocenters. The lowest BCUT2D eigenvalue weighted by Gasteiger charge is -2.15. The highest BCUT2D eigenvalue weighted by atomic mass is 35.5. The van der Waals surface area contributed by atoms with Crippen molar-refractivity contribution in [1.29, 1.82) is 0 Å². The molecule has 1 aromatic rings. The van der Waals surface area contributed by atoms with Crippen LogP contribution in [0.15, 0.2) is 29.8 Å². The van der Waals surface area contributed by atoms with Gasteiger partial charge in [0.2, 0.25) is 0 Å². The Morgan fingerprint density at radius 2 is 2.19 bits per heavy atom. The van der Waals surface area contributed by atoms with Gasteiger partial charge in [0, 0.05) is 24.2 Å². The molecule has 21 heavy (non-hydrogen) atoms. The molecular weight excluding hydrogens is 335 g/mol. The van der Waals surface area contributed by atoms with Crippen LogP contribution in [0.5, 0.6) is 5.75 Å². The van der Waals surface area contributed by atoms with E-state index in [4.69, 9.17) is 27.9 Å². The fraction of sp³-hybridized carbons (Fsp3) is 0.357. The van der Waals surface area contributed by atoms with Crippen molar-refractivity contribution in [3.05, 3.63) is 39.9 Å². The second-order valence-corrected chi connectivity index (χ2v) is 5.30. The summed E-state index contributed by atoms with van der Waals surface area (Å²) in [7, 11) is 0. The SMILES string of the molecule is Cl.O=C(COc1cc(Cl)ccc1Cl)NCC1=CCNCC1. The molecule has 0 atom stereocenters. The zero-order chi connectivity index (χ0) is 14.4. The van der Waals surface area contributed by atoms with Crippen LogP contribution in [0.2, 0.25) is 10.0 Å². The van der Waals surface area contributed by atoms with E-state index in [0.717, 1.165) is 19.5 Å². The fourth-order valence-corrected chi connectivity index (χ4v) is 2.16. The number of benzene rings is 1. The quantitative estimate of drug-likeness (QED) is 0.802. The maximum atomic E-state index is 11.7. The van der Waals surface area contributed by atoms with Gasteiger partial charge < -0.3 is 15.4 Å². The number of halogens is 3. The third kappa shape index (κ3) is 6.14. The summed E-state index contributed by atoms with van der Waals surface area (Å²) in [6.07, 6.45) is 3.06. The number of carbonyl (C=O) groups excluding carboxylic acids is 1. The predicted molar refractivity (Wildman–Crippen MR) is 87.8 cm³/mol. The van der Waals surface area contributed by atoms with Gasteiger partial charge in [0.15, 0.2) is 6.61 Å². The zero-order valence-electron chi connectivity index (χ0n) is 11.3. The molecule has 0 spiro atoms. The van der Waals surface area contributed by atoms with Crippen molar-refractivity contribution in [2.24, 2.45) is 0 Å². The molecule has 0 fully saturated rings. The third-order valence-electron chi connectivity index (χ3n) is 2.92. The Bertz CT molecular complexity index is 521. The minimum atomic E-state index is -0.180. The van der Waals surface area contributed by atoms with Crippen molar-refractivity contribution in [2.45, 2.75) is 6.42 Å². The van der Waals surface area contributed by atoms with Crippen LogP contribution in [0.1, 0.15) is 6.42 Å². The molecule has 2 rings (SSSR count). The molecule has 116 valence electrons. The Labute approximate surface area is 140 Å². The molecule has 4 nitrogen and oxygen atoms in total.